The summed E-state index contributed by atoms with van der Waals surface area (Å²) in [5.41, 5.74) is 0.298. The Balaban J connectivity index is 1.58. The average Bonchev–Trinajstić information content (AvgIpc) is 2.97. The Morgan fingerprint density at radius 2 is 1.71 bits per heavy atom. The molecule has 160 valence electrons. The van der Waals surface area contributed by atoms with Gasteiger partial charge in [0.1, 0.15) is 0 Å². The van der Waals surface area contributed by atoms with E-state index in [1.54, 1.807) is 0 Å². The van der Waals surface area contributed by atoms with Gasteiger partial charge in [-0.3, -0.25) is 4.79 Å². The van der Waals surface area contributed by atoms with E-state index in [1.807, 2.05) is 0 Å². The van der Waals surface area contributed by atoms with Crippen molar-refractivity contribution in [2.24, 2.45) is 46.3 Å². The second-order valence-corrected chi connectivity index (χ2v) is 11.4. The van der Waals surface area contributed by atoms with E-state index >= 15 is 0 Å². The molecule has 4 fully saturated rings. The monoisotopic (exact) mass is 392 g/mol. The third-order valence-electron chi connectivity index (χ3n) is 10.2. The van der Waals surface area contributed by atoms with Crippen molar-refractivity contribution in [3.05, 3.63) is 0 Å². The molecule has 4 nitrogen and oxygen atoms in total. The summed E-state index contributed by atoms with van der Waals surface area (Å²) in [7, 11) is 0. The Hall–Kier alpha value is -0.610. The number of carboxylic acid groups (broad SMARTS) is 1. The summed E-state index contributed by atoms with van der Waals surface area (Å²) in [6, 6.07) is 0. The van der Waals surface area contributed by atoms with Gasteiger partial charge in [0, 0.05) is 18.8 Å². The molecule has 0 aromatic heterocycles. The molecule has 4 rings (SSSR count). The number of rotatable bonds is 4. The molecule has 0 aromatic carbocycles. The van der Waals surface area contributed by atoms with Crippen molar-refractivity contribution in [2.45, 2.75) is 97.2 Å². The highest BCUT2D eigenvalue weighted by molar-refractivity contribution is 5.66. The fourth-order valence-electron chi connectivity index (χ4n) is 8.97. The van der Waals surface area contributed by atoms with E-state index in [9.17, 15) is 15.0 Å². The highest BCUT2D eigenvalue weighted by atomic mass is 16.5. The summed E-state index contributed by atoms with van der Waals surface area (Å²) in [6.45, 7) is 7.04. The summed E-state index contributed by atoms with van der Waals surface area (Å²) >= 11 is 0. The highest BCUT2D eigenvalue weighted by Gasteiger charge is 2.65. The standard InChI is InChI=1S/C24H40O4/c1-15(7-10-21(25)26)17-8-9-18-16-14-24(27,28)20-6-4-5-12-23(20,3)19(16)11-13-22(17,18)2/h15-20,27-28H,4-14H2,1-3H3,(H,25,26)/t15-,16+,17-,18+,19+,20-,22-,23-/m1/s1. The zero-order chi connectivity index (χ0) is 20.3. The molecule has 3 N–H and O–H groups in total. The Bertz CT molecular complexity index is 616. The Kier molecular flexibility index (Phi) is 5.14. The van der Waals surface area contributed by atoms with Crippen LogP contribution < -0.4 is 0 Å². The molecule has 0 radical (unpaired) electrons. The van der Waals surface area contributed by atoms with Crippen molar-refractivity contribution >= 4 is 5.97 Å². The number of carbonyl (C=O) groups is 1. The minimum Gasteiger partial charge on any atom is -0.481 e. The van der Waals surface area contributed by atoms with Crippen LogP contribution in [0.25, 0.3) is 0 Å². The maximum absolute atomic E-state index is 11.1. The van der Waals surface area contributed by atoms with Crippen LogP contribution in [0, 0.1) is 46.3 Å². The maximum atomic E-state index is 11.1. The van der Waals surface area contributed by atoms with Gasteiger partial charge in [-0.2, -0.15) is 0 Å². The third-order valence-corrected chi connectivity index (χ3v) is 10.2. The van der Waals surface area contributed by atoms with Gasteiger partial charge in [-0.05, 0) is 85.4 Å². The van der Waals surface area contributed by atoms with Gasteiger partial charge in [-0.15, -0.1) is 0 Å². The van der Waals surface area contributed by atoms with Gasteiger partial charge < -0.3 is 15.3 Å². The number of hydrogen-bond donors (Lipinski definition) is 3. The Morgan fingerprint density at radius 3 is 2.43 bits per heavy atom. The molecule has 4 aliphatic rings. The zero-order valence-corrected chi connectivity index (χ0v) is 18.0. The van der Waals surface area contributed by atoms with Gasteiger partial charge in [0.15, 0.2) is 5.79 Å². The quantitative estimate of drug-likeness (QED) is 0.599. The van der Waals surface area contributed by atoms with Crippen LogP contribution in [0.3, 0.4) is 0 Å². The van der Waals surface area contributed by atoms with Gasteiger partial charge in [0.05, 0.1) is 0 Å². The van der Waals surface area contributed by atoms with Crippen LogP contribution in [0.1, 0.15) is 91.4 Å². The maximum Gasteiger partial charge on any atom is 0.303 e. The first-order valence-corrected chi connectivity index (χ1v) is 11.8. The lowest BCUT2D eigenvalue weighted by Crippen LogP contribution is -2.62. The summed E-state index contributed by atoms with van der Waals surface area (Å²) in [5.74, 6) is 0.415. The highest BCUT2D eigenvalue weighted by Crippen LogP contribution is 2.69. The first-order chi connectivity index (χ1) is 13.1. The largest absolute Gasteiger partial charge is 0.481 e. The van der Waals surface area contributed by atoms with E-state index in [-0.39, 0.29) is 23.2 Å². The van der Waals surface area contributed by atoms with Crippen LogP contribution in [-0.4, -0.2) is 27.1 Å². The first kappa shape index (κ1) is 20.7. The van der Waals surface area contributed by atoms with E-state index < -0.39 is 11.8 Å². The molecular formula is C24H40O4. The minimum absolute atomic E-state index is 0.0334. The van der Waals surface area contributed by atoms with E-state index in [0.717, 1.165) is 25.7 Å². The van der Waals surface area contributed by atoms with Crippen molar-refractivity contribution in [2.75, 3.05) is 0 Å². The predicted molar refractivity (Wildman–Crippen MR) is 108 cm³/mol. The third kappa shape index (κ3) is 3.05. The topological polar surface area (TPSA) is 77.8 Å². The fraction of sp³-hybridized carbons (Fsp3) is 0.958. The molecule has 0 unspecified atom stereocenters. The van der Waals surface area contributed by atoms with Crippen molar-refractivity contribution in [1.82, 2.24) is 0 Å². The Labute approximate surface area is 170 Å². The fourth-order valence-corrected chi connectivity index (χ4v) is 8.97. The normalized spacial score (nSPS) is 48.2. The van der Waals surface area contributed by atoms with Gasteiger partial charge in [0.25, 0.3) is 0 Å². The molecule has 0 amide bonds. The van der Waals surface area contributed by atoms with Crippen LogP contribution >= 0.6 is 0 Å². The lowest BCUT2D eigenvalue weighted by molar-refractivity contribution is -0.296. The van der Waals surface area contributed by atoms with Gasteiger partial charge in [0.2, 0.25) is 0 Å². The molecule has 0 aliphatic heterocycles. The lowest BCUT2D eigenvalue weighted by atomic mass is 9.43. The van der Waals surface area contributed by atoms with Crippen LogP contribution in [0.4, 0.5) is 0 Å². The van der Waals surface area contributed by atoms with Gasteiger partial charge in [-0.1, -0.05) is 33.6 Å². The number of fused-ring (bicyclic) bond motifs is 5. The van der Waals surface area contributed by atoms with E-state index in [1.165, 1.54) is 32.1 Å². The summed E-state index contributed by atoms with van der Waals surface area (Å²) in [5, 5.41) is 31.3. The minimum atomic E-state index is -1.51. The molecular weight excluding hydrogens is 352 g/mol. The molecule has 0 aromatic rings. The first-order valence-electron chi connectivity index (χ1n) is 11.8. The molecule has 0 heterocycles. The number of aliphatic carboxylic acids is 1. The summed E-state index contributed by atoms with van der Waals surface area (Å²) in [6.07, 6.45) is 10.8. The molecule has 4 heteroatoms. The van der Waals surface area contributed by atoms with Gasteiger partial charge >= 0.3 is 5.97 Å². The van der Waals surface area contributed by atoms with Crippen molar-refractivity contribution in [3.63, 3.8) is 0 Å². The number of hydrogen-bond acceptors (Lipinski definition) is 3. The molecule has 4 saturated carbocycles. The number of carboxylic acids is 1. The summed E-state index contributed by atoms with van der Waals surface area (Å²) in [4.78, 5) is 11.1. The second-order valence-electron chi connectivity index (χ2n) is 11.4. The van der Waals surface area contributed by atoms with E-state index in [2.05, 4.69) is 20.8 Å². The number of aliphatic hydroxyl groups is 2. The molecule has 28 heavy (non-hydrogen) atoms. The van der Waals surface area contributed by atoms with Crippen LogP contribution in [0.15, 0.2) is 0 Å². The van der Waals surface area contributed by atoms with E-state index in [0.29, 0.717) is 36.0 Å². The molecule has 0 bridgehead atoms. The molecule has 8 atom stereocenters. The van der Waals surface area contributed by atoms with Crippen LogP contribution in [0.5, 0.6) is 0 Å². The van der Waals surface area contributed by atoms with Crippen LogP contribution in [-0.2, 0) is 4.79 Å². The van der Waals surface area contributed by atoms with Crippen molar-refractivity contribution in [3.8, 4) is 0 Å². The smallest absolute Gasteiger partial charge is 0.303 e. The molecule has 4 aliphatic carbocycles. The summed E-state index contributed by atoms with van der Waals surface area (Å²) < 4.78 is 0. The average molecular weight is 393 g/mol. The van der Waals surface area contributed by atoms with Gasteiger partial charge in [-0.25, -0.2) is 0 Å². The predicted octanol–water partition coefficient (Wildman–Crippen LogP) is 4.83. The zero-order valence-electron chi connectivity index (χ0n) is 18.0. The second kappa shape index (κ2) is 6.97. The van der Waals surface area contributed by atoms with E-state index in [4.69, 9.17) is 5.11 Å². The Morgan fingerprint density at radius 1 is 1.00 bits per heavy atom. The lowest BCUT2D eigenvalue weighted by Gasteiger charge is -2.63. The SMILES string of the molecule is C[C@H](CCC(=O)O)[C@H]1CC[C@H]2[C@@H]3CC(O)(O)[C@@H]4CCCC[C@]4(C)[C@H]3CC[C@]12C. The van der Waals surface area contributed by atoms with Crippen LogP contribution in [0.2, 0.25) is 0 Å². The molecule has 0 saturated heterocycles. The van der Waals surface area contributed by atoms with Crippen molar-refractivity contribution in [1.29, 1.82) is 0 Å². The van der Waals surface area contributed by atoms with Crippen molar-refractivity contribution < 1.29 is 20.1 Å². The molecule has 0 spiro atoms.